The molecule has 0 amide bonds. The van der Waals surface area contributed by atoms with Gasteiger partial charge in [0.15, 0.2) is 0 Å². The minimum absolute atomic E-state index is 0.512. The van der Waals surface area contributed by atoms with Gasteiger partial charge in [-0.05, 0) is 49.4 Å². The summed E-state index contributed by atoms with van der Waals surface area (Å²) in [5.74, 6) is 3.40. The van der Waals surface area contributed by atoms with Crippen LogP contribution in [0.4, 0.5) is 0 Å². The molecule has 1 aliphatic heterocycles. The number of thioether (sulfide) groups is 1. The van der Waals surface area contributed by atoms with E-state index in [4.69, 9.17) is 5.73 Å². The molecule has 3 unspecified atom stereocenters. The fraction of sp³-hybridized carbons (Fsp3) is 1.00. The highest BCUT2D eigenvalue weighted by Crippen LogP contribution is 2.39. The van der Waals surface area contributed by atoms with Crippen molar-refractivity contribution in [1.29, 1.82) is 0 Å². The highest BCUT2D eigenvalue weighted by Gasteiger charge is 2.38. The van der Waals surface area contributed by atoms with Crippen molar-refractivity contribution in [3.05, 3.63) is 0 Å². The normalized spacial score (nSPS) is 36.2. The van der Waals surface area contributed by atoms with E-state index in [0.717, 1.165) is 24.5 Å². The first-order valence-corrected chi connectivity index (χ1v) is 8.76. The molecule has 2 rings (SSSR count). The van der Waals surface area contributed by atoms with Crippen LogP contribution in [-0.2, 0) is 0 Å². The molecule has 2 fully saturated rings. The van der Waals surface area contributed by atoms with Crippen LogP contribution in [0, 0.1) is 11.3 Å². The van der Waals surface area contributed by atoms with Gasteiger partial charge >= 0.3 is 0 Å². The fourth-order valence-corrected chi connectivity index (χ4v) is 5.30. The maximum absolute atomic E-state index is 5.97. The Morgan fingerprint density at radius 1 is 1.33 bits per heavy atom. The predicted octanol–water partition coefficient (Wildman–Crippen LogP) is 2.97. The molecular formula is C15H30N2S. The topological polar surface area (TPSA) is 29.3 Å². The average molecular weight is 270 g/mol. The van der Waals surface area contributed by atoms with Crippen molar-refractivity contribution >= 4 is 11.8 Å². The third kappa shape index (κ3) is 3.23. The molecule has 2 N–H and O–H groups in total. The van der Waals surface area contributed by atoms with Crippen LogP contribution in [0.2, 0.25) is 0 Å². The standard InChI is InChI=1S/C15H30N2S/c1-4-17(14-7-5-6-12(14)9-16)13-8-15(2,3)11-18-10-13/h12-14H,4-11,16H2,1-3H3. The van der Waals surface area contributed by atoms with Crippen molar-refractivity contribution in [3.63, 3.8) is 0 Å². The molecule has 0 spiro atoms. The molecule has 3 atom stereocenters. The zero-order valence-corrected chi connectivity index (χ0v) is 13.1. The lowest BCUT2D eigenvalue weighted by Gasteiger charge is -2.44. The van der Waals surface area contributed by atoms with Gasteiger partial charge in [0.2, 0.25) is 0 Å². The van der Waals surface area contributed by atoms with Gasteiger partial charge in [0.1, 0.15) is 0 Å². The van der Waals surface area contributed by atoms with Crippen molar-refractivity contribution < 1.29 is 0 Å². The van der Waals surface area contributed by atoms with Gasteiger partial charge in [-0.25, -0.2) is 0 Å². The third-order valence-electron chi connectivity index (χ3n) is 4.77. The number of hydrogen-bond acceptors (Lipinski definition) is 3. The summed E-state index contributed by atoms with van der Waals surface area (Å²) in [5, 5.41) is 0. The maximum atomic E-state index is 5.97. The molecule has 0 bridgehead atoms. The zero-order chi connectivity index (χ0) is 13.2. The molecule has 106 valence electrons. The molecular weight excluding hydrogens is 240 g/mol. The second-order valence-corrected chi connectivity index (χ2v) is 7.89. The summed E-state index contributed by atoms with van der Waals surface area (Å²) in [6, 6.07) is 1.54. The van der Waals surface area contributed by atoms with Gasteiger partial charge in [-0.3, -0.25) is 4.90 Å². The van der Waals surface area contributed by atoms with Gasteiger partial charge in [-0.2, -0.15) is 11.8 Å². The van der Waals surface area contributed by atoms with Crippen LogP contribution in [-0.4, -0.2) is 41.6 Å². The quantitative estimate of drug-likeness (QED) is 0.851. The lowest BCUT2D eigenvalue weighted by molar-refractivity contribution is 0.0957. The Hall–Kier alpha value is 0.270. The molecule has 2 nitrogen and oxygen atoms in total. The first-order chi connectivity index (χ1) is 8.57. The molecule has 0 aromatic rings. The van der Waals surface area contributed by atoms with Crippen LogP contribution in [0.15, 0.2) is 0 Å². The van der Waals surface area contributed by atoms with E-state index in [1.165, 1.54) is 43.7 Å². The van der Waals surface area contributed by atoms with E-state index in [9.17, 15) is 0 Å². The molecule has 1 saturated carbocycles. The van der Waals surface area contributed by atoms with E-state index in [1.807, 2.05) is 0 Å². The minimum atomic E-state index is 0.512. The Kier molecular flexibility index (Phi) is 5.01. The van der Waals surface area contributed by atoms with Crippen LogP contribution in [0.3, 0.4) is 0 Å². The fourth-order valence-electron chi connectivity index (χ4n) is 3.93. The molecule has 1 heterocycles. The summed E-state index contributed by atoms with van der Waals surface area (Å²) >= 11 is 2.15. The van der Waals surface area contributed by atoms with E-state index in [0.29, 0.717) is 5.41 Å². The Morgan fingerprint density at radius 2 is 2.11 bits per heavy atom. The van der Waals surface area contributed by atoms with E-state index in [-0.39, 0.29) is 0 Å². The largest absolute Gasteiger partial charge is 0.330 e. The highest BCUT2D eigenvalue weighted by atomic mass is 32.2. The van der Waals surface area contributed by atoms with E-state index < -0.39 is 0 Å². The Labute approximate surface area is 117 Å². The molecule has 18 heavy (non-hydrogen) atoms. The van der Waals surface area contributed by atoms with Crippen LogP contribution in [0.1, 0.15) is 46.5 Å². The van der Waals surface area contributed by atoms with Gasteiger partial charge in [0, 0.05) is 17.8 Å². The van der Waals surface area contributed by atoms with Crippen molar-refractivity contribution in [1.82, 2.24) is 4.90 Å². The first kappa shape index (κ1) is 14.7. The highest BCUT2D eigenvalue weighted by molar-refractivity contribution is 7.99. The molecule has 3 heteroatoms. The van der Waals surface area contributed by atoms with E-state index in [1.54, 1.807) is 0 Å². The summed E-state index contributed by atoms with van der Waals surface area (Å²) in [5.41, 5.74) is 6.48. The van der Waals surface area contributed by atoms with E-state index in [2.05, 4.69) is 37.4 Å². The monoisotopic (exact) mass is 270 g/mol. The average Bonchev–Trinajstić information content (AvgIpc) is 2.77. The van der Waals surface area contributed by atoms with Gasteiger partial charge in [-0.15, -0.1) is 0 Å². The molecule has 1 saturated heterocycles. The molecule has 0 aromatic heterocycles. The summed E-state index contributed by atoms with van der Waals surface area (Å²) in [6.07, 6.45) is 5.46. The predicted molar refractivity (Wildman–Crippen MR) is 82.1 cm³/mol. The SMILES string of the molecule is CCN(C1CSCC(C)(C)C1)C1CCCC1CN. The van der Waals surface area contributed by atoms with Gasteiger partial charge in [-0.1, -0.05) is 27.2 Å². The van der Waals surface area contributed by atoms with Crippen molar-refractivity contribution in [2.24, 2.45) is 17.1 Å². The summed E-state index contributed by atoms with van der Waals surface area (Å²) in [4.78, 5) is 2.79. The number of rotatable bonds is 4. The minimum Gasteiger partial charge on any atom is -0.330 e. The molecule has 2 aliphatic rings. The summed E-state index contributed by atoms with van der Waals surface area (Å²) in [6.45, 7) is 9.26. The molecule has 1 aliphatic carbocycles. The Bertz CT molecular complexity index is 267. The number of nitrogens with zero attached hydrogens (tertiary/aromatic N) is 1. The second kappa shape index (κ2) is 6.15. The van der Waals surface area contributed by atoms with Gasteiger partial charge < -0.3 is 5.73 Å². The zero-order valence-electron chi connectivity index (χ0n) is 12.3. The lowest BCUT2D eigenvalue weighted by Crippen LogP contribution is -2.50. The number of nitrogens with two attached hydrogens (primary N) is 1. The summed E-state index contributed by atoms with van der Waals surface area (Å²) < 4.78 is 0. The van der Waals surface area contributed by atoms with Crippen LogP contribution < -0.4 is 5.73 Å². The molecule has 0 aromatic carbocycles. The Morgan fingerprint density at radius 3 is 2.72 bits per heavy atom. The first-order valence-electron chi connectivity index (χ1n) is 7.61. The van der Waals surface area contributed by atoms with Crippen molar-refractivity contribution in [2.75, 3.05) is 24.6 Å². The van der Waals surface area contributed by atoms with Crippen LogP contribution >= 0.6 is 11.8 Å². The second-order valence-electron chi connectivity index (χ2n) is 6.86. The molecule has 0 radical (unpaired) electrons. The van der Waals surface area contributed by atoms with E-state index >= 15 is 0 Å². The summed E-state index contributed by atoms with van der Waals surface area (Å²) in [7, 11) is 0. The third-order valence-corrected chi connectivity index (χ3v) is 6.38. The van der Waals surface area contributed by atoms with Crippen molar-refractivity contribution in [3.8, 4) is 0 Å². The van der Waals surface area contributed by atoms with Crippen molar-refractivity contribution in [2.45, 2.75) is 58.5 Å². The van der Waals surface area contributed by atoms with Gasteiger partial charge in [0.05, 0.1) is 0 Å². The van der Waals surface area contributed by atoms with Gasteiger partial charge in [0.25, 0.3) is 0 Å². The maximum Gasteiger partial charge on any atom is 0.0194 e. The van der Waals surface area contributed by atoms with Crippen LogP contribution in [0.5, 0.6) is 0 Å². The Balaban J connectivity index is 2.03. The van der Waals surface area contributed by atoms with Crippen LogP contribution in [0.25, 0.3) is 0 Å². The smallest absolute Gasteiger partial charge is 0.0194 e. The lowest BCUT2D eigenvalue weighted by atomic mass is 9.86. The number of hydrogen-bond donors (Lipinski definition) is 1.